The fourth-order valence-corrected chi connectivity index (χ4v) is 1.71. The first-order valence-electron chi connectivity index (χ1n) is 5.48. The second kappa shape index (κ2) is 4.67. The van der Waals surface area contributed by atoms with Crippen LogP contribution < -0.4 is 5.32 Å². The van der Waals surface area contributed by atoms with Gasteiger partial charge in [0, 0.05) is 5.69 Å². The van der Waals surface area contributed by atoms with Gasteiger partial charge >= 0.3 is 0 Å². The molecule has 0 aliphatic carbocycles. The average Bonchev–Trinajstić information content (AvgIpc) is 2.35. The highest BCUT2D eigenvalue weighted by atomic mass is 14.9. The number of hydrogen-bond acceptors (Lipinski definition) is 2. The van der Waals surface area contributed by atoms with Crippen molar-refractivity contribution in [3.05, 3.63) is 42.5 Å². The number of benzene rings is 2. The molecule has 2 rings (SSSR count). The third-order valence-corrected chi connectivity index (χ3v) is 2.65. The van der Waals surface area contributed by atoms with Crippen molar-refractivity contribution < 1.29 is 0 Å². The van der Waals surface area contributed by atoms with Crippen LogP contribution in [-0.2, 0) is 0 Å². The van der Waals surface area contributed by atoms with Crippen molar-refractivity contribution >= 4 is 16.5 Å². The van der Waals surface area contributed by atoms with Gasteiger partial charge in [0.2, 0.25) is 0 Å². The number of nitrogens with zero attached hydrogens (tertiary/aromatic N) is 1. The van der Waals surface area contributed by atoms with Gasteiger partial charge in [0.05, 0.1) is 6.07 Å². The van der Waals surface area contributed by atoms with E-state index in [0.717, 1.165) is 12.1 Å². The molecular weight excluding hydrogens is 196 g/mol. The normalized spacial score (nSPS) is 12.0. The molecule has 0 aromatic heterocycles. The van der Waals surface area contributed by atoms with E-state index in [-0.39, 0.29) is 6.04 Å². The van der Waals surface area contributed by atoms with Gasteiger partial charge in [0.1, 0.15) is 6.04 Å². The van der Waals surface area contributed by atoms with E-state index in [0.29, 0.717) is 0 Å². The van der Waals surface area contributed by atoms with Gasteiger partial charge in [-0.15, -0.1) is 0 Å². The van der Waals surface area contributed by atoms with Gasteiger partial charge in [-0.05, 0) is 29.3 Å². The molecule has 16 heavy (non-hydrogen) atoms. The lowest BCUT2D eigenvalue weighted by atomic mass is 10.1. The molecule has 0 radical (unpaired) electrons. The number of nitriles is 1. The van der Waals surface area contributed by atoms with Crippen LogP contribution in [-0.4, -0.2) is 6.04 Å². The van der Waals surface area contributed by atoms with Crippen LogP contribution in [0.4, 0.5) is 5.69 Å². The second-order valence-corrected chi connectivity index (χ2v) is 3.80. The van der Waals surface area contributed by atoms with E-state index >= 15 is 0 Å². The van der Waals surface area contributed by atoms with Crippen molar-refractivity contribution in [2.24, 2.45) is 0 Å². The van der Waals surface area contributed by atoms with E-state index in [9.17, 15) is 0 Å². The number of anilines is 1. The third kappa shape index (κ3) is 2.14. The van der Waals surface area contributed by atoms with Gasteiger partial charge < -0.3 is 5.32 Å². The summed E-state index contributed by atoms with van der Waals surface area (Å²) in [5.74, 6) is 0. The Bertz CT molecular complexity index is 525. The van der Waals surface area contributed by atoms with Crippen molar-refractivity contribution in [2.75, 3.05) is 5.32 Å². The zero-order valence-electron chi connectivity index (χ0n) is 9.27. The highest BCUT2D eigenvalue weighted by molar-refractivity contribution is 5.85. The maximum Gasteiger partial charge on any atom is 0.114 e. The monoisotopic (exact) mass is 210 g/mol. The average molecular weight is 210 g/mol. The van der Waals surface area contributed by atoms with Crippen LogP contribution in [0.15, 0.2) is 42.5 Å². The molecule has 0 spiro atoms. The Hall–Kier alpha value is -2.01. The first-order chi connectivity index (χ1) is 7.83. The van der Waals surface area contributed by atoms with Crippen LogP contribution in [0.1, 0.15) is 13.3 Å². The van der Waals surface area contributed by atoms with Gasteiger partial charge in [0.15, 0.2) is 0 Å². The number of fused-ring (bicyclic) bond motifs is 1. The van der Waals surface area contributed by atoms with Gasteiger partial charge in [-0.25, -0.2) is 0 Å². The molecule has 2 aromatic rings. The molecule has 0 aliphatic rings. The molecule has 80 valence electrons. The van der Waals surface area contributed by atoms with Crippen LogP contribution in [0.2, 0.25) is 0 Å². The van der Waals surface area contributed by atoms with Gasteiger partial charge in [-0.2, -0.15) is 5.26 Å². The second-order valence-electron chi connectivity index (χ2n) is 3.80. The third-order valence-electron chi connectivity index (χ3n) is 2.65. The molecule has 0 fully saturated rings. The highest BCUT2D eigenvalue weighted by Crippen LogP contribution is 2.19. The summed E-state index contributed by atoms with van der Waals surface area (Å²) in [5, 5.41) is 14.5. The Kier molecular flexibility index (Phi) is 3.07. The van der Waals surface area contributed by atoms with E-state index < -0.39 is 0 Å². The zero-order valence-corrected chi connectivity index (χ0v) is 9.27. The summed E-state index contributed by atoms with van der Waals surface area (Å²) in [4.78, 5) is 0. The summed E-state index contributed by atoms with van der Waals surface area (Å²) >= 11 is 0. The lowest BCUT2D eigenvalue weighted by Gasteiger charge is -2.11. The number of rotatable bonds is 3. The lowest BCUT2D eigenvalue weighted by Crippen LogP contribution is -2.15. The van der Waals surface area contributed by atoms with E-state index in [1.807, 2.05) is 25.1 Å². The summed E-state index contributed by atoms with van der Waals surface area (Å²) in [6.07, 6.45) is 0.809. The predicted octanol–water partition coefficient (Wildman–Crippen LogP) is 3.55. The summed E-state index contributed by atoms with van der Waals surface area (Å²) in [6, 6.07) is 16.5. The molecule has 0 saturated carbocycles. The predicted molar refractivity (Wildman–Crippen MR) is 67.3 cm³/mol. The first kappa shape index (κ1) is 10.5. The van der Waals surface area contributed by atoms with Crippen LogP contribution in [0, 0.1) is 11.3 Å². The smallest absolute Gasteiger partial charge is 0.114 e. The minimum Gasteiger partial charge on any atom is -0.370 e. The maximum atomic E-state index is 8.89. The molecule has 0 bridgehead atoms. The molecule has 0 aliphatic heterocycles. The quantitative estimate of drug-likeness (QED) is 0.840. The SMILES string of the molecule is CCC(C#N)Nc1ccc2ccccc2c1. The largest absolute Gasteiger partial charge is 0.370 e. The van der Waals surface area contributed by atoms with Crippen molar-refractivity contribution in [3.63, 3.8) is 0 Å². The standard InChI is InChI=1S/C14H14N2/c1-2-13(10-15)16-14-8-7-11-5-3-4-6-12(11)9-14/h3-9,13,16H,2H2,1H3. The minimum atomic E-state index is -0.110. The molecule has 0 amide bonds. The topological polar surface area (TPSA) is 35.8 Å². The first-order valence-corrected chi connectivity index (χ1v) is 5.48. The molecule has 1 atom stereocenters. The Labute approximate surface area is 95.5 Å². The molecular formula is C14H14N2. The summed E-state index contributed by atoms with van der Waals surface area (Å²) in [6.45, 7) is 2.00. The fraction of sp³-hybridized carbons (Fsp3) is 0.214. The van der Waals surface area contributed by atoms with Crippen molar-refractivity contribution in [1.29, 1.82) is 5.26 Å². The van der Waals surface area contributed by atoms with E-state index in [2.05, 4.69) is 35.7 Å². The lowest BCUT2D eigenvalue weighted by molar-refractivity contribution is 0.846. The van der Waals surface area contributed by atoms with Gasteiger partial charge in [0.25, 0.3) is 0 Å². The van der Waals surface area contributed by atoms with Gasteiger partial charge in [-0.3, -0.25) is 0 Å². The van der Waals surface area contributed by atoms with Crippen LogP contribution in [0.5, 0.6) is 0 Å². The summed E-state index contributed by atoms with van der Waals surface area (Å²) in [7, 11) is 0. The van der Waals surface area contributed by atoms with E-state index in [4.69, 9.17) is 5.26 Å². The van der Waals surface area contributed by atoms with Crippen molar-refractivity contribution in [1.82, 2.24) is 0 Å². The molecule has 2 nitrogen and oxygen atoms in total. The number of nitrogens with one attached hydrogen (secondary N) is 1. The van der Waals surface area contributed by atoms with Crippen LogP contribution in [0.3, 0.4) is 0 Å². The Morgan fingerprint density at radius 1 is 1.19 bits per heavy atom. The molecule has 1 unspecified atom stereocenters. The molecule has 2 aromatic carbocycles. The number of hydrogen-bond donors (Lipinski definition) is 1. The minimum absolute atomic E-state index is 0.110. The van der Waals surface area contributed by atoms with E-state index in [1.165, 1.54) is 10.8 Å². The Balaban J connectivity index is 2.30. The molecule has 1 N–H and O–H groups in total. The summed E-state index contributed by atoms with van der Waals surface area (Å²) < 4.78 is 0. The Morgan fingerprint density at radius 2 is 1.94 bits per heavy atom. The molecule has 0 saturated heterocycles. The van der Waals surface area contributed by atoms with Gasteiger partial charge in [-0.1, -0.05) is 37.3 Å². The van der Waals surface area contributed by atoms with Crippen molar-refractivity contribution in [2.45, 2.75) is 19.4 Å². The zero-order chi connectivity index (χ0) is 11.4. The molecule has 0 heterocycles. The van der Waals surface area contributed by atoms with Crippen molar-refractivity contribution in [3.8, 4) is 6.07 Å². The van der Waals surface area contributed by atoms with E-state index in [1.54, 1.807) is 0 Å². The van der Waals surface area contributed by atoms with Crippen LogP contribution >= 0.6 is 0 Å². The maximum absolute atomic E-state index is 8.89. The molecule has 2 heteroatoms. The van der Waals surface area contributed by atoms with Crippen LogP contribution in [0.25, 0.3) is 10.8 Å². The Morgan fingerprint density at radius 3 is 2.62 bits per heavy atom. The fourth-order valence-electron chi connectivity index (χ4n) is 1.71. The summed E-state index contributed by atoms with van der Waals surface area (Å²) in [5.41, 5.74) is 1.01. The highest BCUT2D eigenvalue weighted by Gasteiger charge is 2.03.